The summed E-state index contributed by atoms with van der Waals surface area (Å²) in [5.41, 5.74) is 5.99. The van der Waals surface area contributed by atoms with Gasteiger partial charge in [0.25, 0.3) is 0 Å². The van der Waals surface area contributed by atoms with Crippen LogP contribution in [-0.4, -0.2) is 18.1 Å². The van der Waals surface area contributed by atoms with Crippen molar-refractivity contribution >= 4 is 44.3 Å². The molecule has 0 saturated heterocycles. The number of amides is 2. The first-order chi connectivity index (χ1) is 7.69. The number of hydrazine groups is 1. The molecule has 2 aromatic rings. The molecule has 0 bridgehead atoms. The summed E-state index contributed by atoms with van der Waals surface area (Å²) in [6.45, 7) is 0. The van der Waals surface area contributed by atoms with E-state index in [1.807, 2.05) is 12.1 Å². The topological polar surface area (TPSA) is 66.1 Å². The van der Waals surface area contributed by atoms with Gasteiger partial charge < -0.3 is 5.32 Å². The maximum absolute atomic E-state index is 10.9. The minimum Gasteiger partial charge on any atom is -0.340 e. The summed E-state index contributed by atoms with van der Waals surface area (Å²) >= 11 is 7.27. The Labute approximate surface area is 101 Å². The molecule has 0 saturated carbocycles. The second-order valence-electron chi connectivity index (χ2n) is 2.96. The molecule has 0 unspecified atom stereocenters. The van der Waals surface area contributed by atoms with Gasteiger partial charge in [0.2, 0.25) is 5.13 Å². The lowest BCUT2D eigenvalue weighted by Gasteiger charge is -2.02. The van der Waals surface area contributed by atoms with Gasteiger partial charge in [-0.3, -0.25) is 5.43 Å². The zero-order valence-corrected chi connectivity index (χ0v) is 9.95. The Morgan fingerprint density at radius 3 is 3.06 bits per heavy atom. The SMILES string of the molecule is CNC(=O)NNc1nc2ccc(Cl)cc2s1. The van der Waals surface area contributed by atoms with Crippen molar-refractivity contribution < 1.29 is 4.79 Å². The standard InChI is InChI=1S/C9H9ClN4OS/c1-11-8(15)13-14-9-12-6-3-2-5(10)4-7(6)16-9/h2-4H,1H3,(H,12,14)(H2,11,13,15). The van der Waals surface area contributed by atoms with E-state index in [9.17, 15) is 4.79 Å². The van der Waals surface area contributed by atoms with Crippen molar-refractivity contribution in [1.82, 2.24) is 15.7 Å². The molecule has 0 radical (unpaired) electrons. The summed E-state index contributed by atoms with van der Waals surface area (Å²) in [6.07, 6.45) is 0. The lowest BCUT2D eigenvalue weighted by Crippen LogP contribution is -2.36. The van der Waals surface area contributed by atoms with Gasteiger partial charge in [-0.05, 0) is 18.2 Å². The van der Waals surface area contributed by atoms with Crippen molar-refractivity contribution in [2.24, 2.45) is 0 Å². The molecule has 0 aliphatic heterocycles. The van der Waals surface area contributed by atoms with E-state index >= 15 is 0 Å². The highest BCUT2D eigenvalue weighted by atomic mass is 35.5. The Kier molecular flexibility index (Phi) is 3.12. The van der Waals surface area contributed by atoms with Crippen LogP contribution in [0.2, 0.25) is 5.02 Å². The number of hydrogen-bond acceptors (Lipinski definition) is 4. The van der Waals surface area contributed by atoms with Crippen molar-refractivity contribution in [3.8, 4) is 0 Å². The van der Waals surface area contributed by atoms with Crippen molar-refractivity contribution in [2.45, 2.75) is 0 Å². The Morgan fingerprint density at radius 2 is 2.31 bits per heavy atom. The molecule has 0 fully saturated rings. The molecule has 16 heavy (non-hydrogen) atoms. The molecule has 2 amide bonds. The Bertz CT molecular complexity index is 527. The van der Waals surface area contributed by atoms with Crippen LogP contribution < -0.4 is 16.2 Å². The molecular weight excluding hydrogens is 248 g/mol. The van der Waals surface area contributed by atoms with Gasteiger partial charge in [0.1, 0.15) is 0 Å². The number of carbonyl (C=O) groups is 1. The van der Waals surface area contributed by atoms with Gasteiger partial charge in [0.15, 0.2) is 0 Å². The Morgan fingerprint density at radius 1 is 1.50 bits per heavy atom. The van der Waals surface area contributed by atoms with Crippen LogP contribution in [0.4, 0.5) is 9.93 Å². The highest BCUT2D eigenvalue weighted by Crippen LogP contribution is 2.27. The fraction of sp³-hybridized carbons (Fsp3) is 0.111. The molecule has 3 N–H and O–H groups in total. The quantitative estimate of drug-likeness (QED) is 0.722. The minimum atomic E-state index is -0.322. The number of anilines is 1. The van der Waals surface area contributed by atoms with E-state index < -0.39 is 0 Å². The molecule has 1 heterocycles. The molecule has 2 rings (SSSR count). The van der Waals surface area contributed by atoms with E-state index in [-0.39, 0.29) is 6.03 Å². The highest BCUT2D eigenvalue weighted by Gasteiger charge is 2.04. The maximum atomic E-state index is 10.9. The third-order valence-electron chi connectivity index (χ3n) is 1.86. The first-order valence-corrected chi connectivity index (χ1v) is 5.68. The fourth-order valence-electron chi connectivity index (χ4n) is 1.12. The predicted molar refractivity (Wildman–Crippen MR) is 65.8 cm³/mol. The molecule has 1 aromatic carbocycles. The molecule has 0 spiro atoms. The van der Waals surface area contributed by atoms with Gasteiger partial charge in [-0.2, -0.15) is 0 Å². The molecule has 7 heteroatoms. The zero-order valence-electron chi connectivity index (χ0n) is 8.37. The number of urea groups is 1. The second kappa shape index (κ2) is 4.54. The fourth-order valence-corrected chi connectivity index (χ4v) is 2.22. The van der Waals surface area contributed by atoms with E-state index in [2.05, 4.69) is 21.2 Å². The van der Waals surface area contributed by atoms with Crippen molar-refractivity contribution in [3.63, 3.8) is 0 Å². The van der Waals surface area contributed by atoms with Crippen LogP contribution in [0.25, 0.3) is 10.2 Å². The first kappa shape index (κ1) is 11.0. The van der Waals surface area contributed by atoms with E-state index in [1.165, 1.54) is 18.4 Å². The summed E-state index contributed by atoms with van der Waals surface area (Å²) in [5, 5.41) is 3.70. The van der Waals surface area contributed by atoms with Gasteiger partial charge >= 0.3 is 6.03 Å². The van der Waals surface area contributed by atoms with E-state index in [0.29, 0.717) is 10.2 Å². The van der Waals surface area contributed by atoms with Gasteiger partial charge in [0.05, 0.1) is 10.2 Å². The van der Waals surface area contributed by atoms with Crippen LogP contribution in [0.3, 0.4) is 0 Å². The largest absolute Gasteiger partial charge is 0.340 e. The van der Waals surface area contributed by atoms with Crippen LogP contribution in [0.1, 0.15) is 0 Å². The summed E-state index contributed by atoms with van der Waals surface area (Å²) in [5.74, 6) is 0. The average molecular weight is 257 g/mol. The summed E-state index contributed by atoms with van der Waals surface area (Å²) in [6, 6.07) is 5.12. The number of carbonyl (C=O) groups excluding carboxylic acids is 1. The molecule has 0 aliphatic carbocycles. The number of benzene rings is 1. The minimum absolute atomic E-state index is 0.322. The molecule has 5 nitrogen and oxygen atoms in total. The number of fused-ring (bicyclic) bond motifs is 1. The number of nitrogens with zero attached hydrogens (tertiary/aromatic N) is 1. The third-order valence-corrected chi connectivity index (χ3v) is 3.03. The summed E-state index contributed by atoms with van der Waals surface area (Å²) in [4.78, 5) is 15.2. The number of hydrogen-bond donors (Lipinski definition) is 3. The van der Waals surface area contributed by atoms with Gasteiger partial charge in [0, 0.05) is 12.1 Å². The first-order valence-electron chi connectivity index (χ1n) is 4.49. The smallest absolute Gasteiger partial charge is 0.333 e. The van der Waals surface area contributed by atoms with Crippen LogP contribution >= 0.6 is 22.9 Å². The third kappa shape index (κ3) is 2.34. The van der Waals surface area contributed by atoms with Gasteiger partial charge in [-0.25, -0.2) is 15.2 Å². The van der Waals surface area contributed by atoms with Crippen LogP contribution in [-0.2, 0) is 0 Å². The van der Waals surface area contributed by atoms with Crippen molar-refractivity contribution in [3.05, 3.63) is 23.2 Å². The monoisotopic (exact) mass is 256 g/mol. The number of halogens is 1. The number of nitrogens with one attached hydrogen (secondary N) is 3. The van der Waals surface area contributed by atoms with Crippen molar-refractivity contribution in [1.29, 1.82) is 0 Å². The molecule has 0 aliphatic rings. The van der Waals surface area contributed by atoms with Gasteiger partial charge in [-0.15, -0.1) is 0 Å². The van der Waals surface area contributed by atoms with Crippen LogP contribution in [0.15, 0.2) is 18.2 Å². The van der Waals surface area contributed by atoms with E-state index in [1.54, 1.807) is 6.07 Å². The summed E-state index contributed by atoms with van der Waals surface area (Å²) < 4.78 is 0.966. The van der Waals surface area contributed by atoms with Gasteiger partial charge in [-0.1, -0.05) is 22.9 Å². The lowest BCUT2D eigenvalue weighted by atomic mass is 10.3. The zero-order chi connectivity index (χ0) is 11.5. The Balaban J connectivity index is 2.16. The van der Waals surface area contributed by atoms with Crippen LogP contribution in [0.5, 0.6) is 0 Å². The number of rotatable bonds is 2. The maximum Gasteiger partial charge on any atom is 0.333 e. The average Bonchev–Trinajstić information content (AvgIpc) is 2.67. The molecule has 84 valence electrons. The number of thiazole rings is 1. The Hall–Kier alpha value is -1.53. The normalized spacial score (nSPS) is 10.1. The predicted octanol–water partition coefficient (Wildman–Crippen LogP) is 2.21. The lowest BCUT2D eigenvalue weighted by molar-refractivity contribution is 0.245. The summed E-state index contributed by atoms with van der Waals surface area (Å²) in [7, 11) is 1.54. The number of aromatic nitrogens is 1. The molecule has 0 atom stereocenters. The second-order valence-corrected chi connectivity index (χ2v) is 4.43. The van der Waals surface area contributed by atoms with E-state index in [0.717, 1.165) is 10.2 Å². The molecule has 1 aromatic heterocycles. The van der Waals surface area contributed by atoms with Crippen molar-refractivity contribution in [2.75, 3.05) is 12.5 Å². The van der Waals surface area contributed by atoms with E-state index in [4.69, 9.17) is 11.6 Å². The molecular formula is C9H9ClN4OS. The highest BCUT2D eigenvalue weighted by molar-refractivity contribution is 7.22. The van der Waals surface area contributed by atoms with Crippen LogP contribution in [0, 0.1) is 0 Å².